The van der Waals surface area contributed by atoms with Gasteiger partial charge in [-0.2, -0.15) is 13.2 Å². The van der Waals surface area contributed by atoms with Crippen LogP contribution in [0, 0.1) is 11.2 Å². The fraction of sp³-hybridized carbons (Fsp3) is 0.500. The fourth-order valence-electron chi connectivity index (χ4n) is 5.19. The normalized spacial score (nSPS) is 20.8. The standard InChI is InChI=1S/C26H26ClF4N3O4/c1-25(11-33(12-25)22-8-17(26(29,30)31)18(27)10-32-22)13-38-21-9-19(28)16(7-15(21)14-4-5-14)23(35)34-6-2-3-20(34)24(36)37/h7-10,14,20H,2-6,11-13H2,1H3,(H,36,37). The van der Waals surface area contributed by atoms with Crippen molar-refractivity contribution in [1.29, 1.82) is 0 Å². The Morgan fingerprint density at radius 3 is 2.55 bits per heavy atom. The van der Waals surface area contributed by atoms with E-state index >= 15 is 4.39 Å². The lowest BCUT2D eigenvalue weighted by atomic mass is 9.82. The Kier molecular flexibility index (Phi) is 6.69. The number of amides is 1. The van der Waals surface area contributed by atoms with Crippen LogP contribution in [0.2, 0.25) is 5.02 Å². The number of benzene rings is 1. The van der Waals surface area contributed by atoms with E-state index in [4.69, 9.17) is 16.3 Å². The summed E-state index contributed by atoms with van der Waals surface area (Å²) < 4.78 is 60.8. The maximum Gasteiger partial charge on any atom is 0.418 e. The van der Waals surface area contributed by atoms with Gasteiger partial charge in [-0.05, 0) is 49.3 Å². The molecule has 1 saturated carbocycles. The molecule has 1 aromatic carbocycles. The number of likely N-dealkylation sites (tertiary alicyclic amines) is 1. The second-order valence-electron chi connectivity index (χ2n) is 10.6. The number of ether oxygens (including phenoxy) is 1. The lowest BCUT2D eigenvalue weighted by Crippen LogP contribution is -2.58. The molecule has 12 heteroatoms. The Bertz CT molecular complexity index is 1280. The number of carbonyl (C=O) groups is 2. The molecule has 7 nitrogen and oxygen atoms in total. The Hall–Kier alpha value is -3.08. The molecule has 2 aromatic rings. The van der Waals surface area contributed by atoms with Crippen molar-refractivity contribution in [2.24, 2.45) is 5.41 Å². The summed E-state index contributed by atoms with van der Waals surface area (Å²) in [6.07, 6.45) is -0.998. The average Bonchev–Trinajstić information content (AvgIpc) is 3.55. The molecular formula is C26H26ClF4N3O4. The van der Waals surface area contributed by atoms with E-state index in [1.807, 2.05) is 6.92 Å². The number of halogens is 5. The Morgan fingerprint density at radius 2 is 1.92 bits per heavy atom. The zero-order valence-corrected chi connectivity index (χ0v) is 21.3. The highest BCUT2D eigenvalue weighted by Crippen LogP contribution is 2.46. The molecule has 1 amide bonds. The van der Waals surface area contributed by atoms with Crippen molar-refractivity contribution in [2.45, 2.75) is 50.7 Å². The molecule has 3 aliphatic rings. The van der Waals surface area contributed by atoms with Crippen molar-refractivity contribution in [3.8, 4) is 5.75 Å². The summed E-state index contributed by atoms with van der Waals surface area (Å²) in [5, 5.41) is 8.94. The molecule has 1 unspecified atom stereocenters. The molecule has 0 bridgehead atoms. The summed E-state index contributed by atoms with van der Waals surface area (Å²) in [6.45, 7) is 3.11. The molecule has 1 atom stereocenters. The van der Waals surface area contributed by atoms with E-state index < -0.39 is 45.9 Å². The molecule has 2 saturated heterocycles. The predicted octanol–water partition coefficient (Wildman–Crippen LogP) is 5.36. The van der Waals surface area contributed by atoms with Gasteiger partial charge in [0, 0.05) is 37.3 Å². The quantitative estimate of drug-likeness (QED) is 0.463. The second kappa shape index (κ2) is 9.59. The number of alkyl halides is 3. The smallest absolute Gasteiger partial charge is 0.418 e. The van der Waals surface area contributed by atoms with E-state index in [1.54, 1.807) is 4.90 Å². The molecular weight excluding hydrogens is 530 g/mol. The number of aliphatic carboxylic acids is 1. The van der Waals surface area contributed by atoms with E-state index in [0.717, 1.165) is 25.1 Å². The van der Waals surface area contributed by atoms with Crippen LogP contribution in [-0.2, 0) is 11.0 Å². The number of aromatic nitrogens is 1. The number of carbonyl (C=O) groups excluding carboxylic acids is 1. The van der Waals surface area contributed by atoms with Crippen LogP contribution in [-0.4, -0.2) is 59.1 Å². The van der Waals surface area contributed by atoms with E-state index in [9.17, 15) is 27.9 Å². The van der Waals surface area contributed by atoms with Crippen LogP contribution in [0.4, 0.5) is 23.4 Å². The first-order valence-electron chi connectivity index (χ1n) is 12.3. The van der Waals surface area contributed by atoms with Gasteiger partial charge in [0.2, 0.25) is 0 Å². The van der Waals surface area contributed by atoms with E-state index in [2.05, 4.69) is 4.98 Å². The van der Waals surface area contributed by atoms with Crippen LogP contribution >= 0.6 is 11.6 Å². The first-order valence-corrected chi connectivity index (χ1v) is 12.7. The van der Waals surface area contributed by atoms with Gasteiger partial charge in [0.05, 0.1) is 22.8 Å². The number of carboxylic acids is 1. The molecule has 1 aromatic heterocycles. The third-order valence-corrected chi connectivity index (χ3v) is 7.64. The highest BCUT2D eigenvalue weighted by atomic mass is 35.5. The van der Waals surface area contributed by atoms with Crippen molar-refractivity contribution in [3.63, 3.8) is 0 Å². The summed E-state index contributed by atoms with van der Waals surface area (Å²) in [5.41, 5.74) is -0.829. The molecule has 3 fully saturated rings. The van der Waals surface area contributed by atoms with E-state index in [1.165, 1.54) is 17.0 Å². The molecule has 2 aliphatic heterocycles. The molecule has 38 heavy (non-hydrogen) atoms. The van der Waals surface area contributed by atoms with Gasteiger partial charge in [-0.3, -0.25) is 4.79 Å². The van der Waals surface area contributed by atoms with Crippen molar-refractivity contribution < 1.29 is 37.0 Å². The summed E-state index contributed by atoms with van der Waals surface area (Å²) in [5.74, 6) is -1.93. The third-order valence-electron chi connectivity index (χ3n) is 7.34. The highest BCUT2D eigenvalue weighted by molar-refractivity contribution is 6.31. The third kappa shape index (κ3) is 5.12. The maximum absolute atomic E-state index is 15.1. The first-order chi connectivity index (χ1) is 17.9. The zero-order chi connectivity index (χ0) is 27.4. The van der Waals surface area contributed by atoms with Crippen LogP contribution in [0.5, 0.6) is 5.75 Å². The van der Waals surface area contributed by atoms with E-state index in [-0.39, 0.29) is 30.5 Å². The summed E-state index contributed by atoms with van der Waals surface area (Å²) in [4.78, 5) is 31.4. The van der Waals surface area contributed by atoms with Crippen molar-refractivity contribution >= 4 is 29.3 Å². The maximum atomic E-state index is 15.1. The summed E-state index contributed by atoms with van der Waals surface area (Å²) in [6, 6.07) is 2.62. The minimum absolute atomic E-state index is 0.121. The number of nitrogens with zero attached hydrogens (tertiary/aromatic N) is 3. The van der Waals surface area contributed by atoms with Gasteiger partial charge in [0.1, 0.15) is 23.4 Å². The highest BCUT2D eigenvalue weighted by Gasteiger charge is 2.43. The number of hydrogen-bond donors (Lipinski definition) is 1. The number of anilines is 1. The predicted molar refractivity (Wildman–Crippen MR) is 130 cm³/mol. The van der Waals surface area contributed by atoms with Crippen LogP contribution in [0.25, 0.3) is 0 Å². The van der Waals surface area contributed by atoms with Gasteiger partial charge in [-0.15, -0.1) is 0 Å². The number of hydrogen-bond acceptors (Lipinski definition) is 5. The topological polar surface area (TPSA) is 83.0 Å². The van der Waals surface area contributed by atoms with Gasteiger partial charge in [0.25, 0.3) is 5.91 Å². The van der Waals surface area contributed by atoms with Gasteiger partial charge < -0.3 is 19.6 Å². The van der Waals surface area contributed by atoms with Crippen LogP contribution in [0.1, 0.15) is 60.0 Å². The number of rotatable bonds is 7. The van der Waals surface area contributed by atoms with Crippen LogP contribution in [0.3, 0.4) is 0 Å². The fourth-order valence-corrected chi connectivity index (χ4v) is 5.40. The number of pyridine rings is 1. The van der Waals surface area contributed by atoms with Gasteiger partial charge in [-0.25, -0.2) is 14.2 Å². The second-order valence-corrected chi connectivity index (χ2v) is 11.0. The Balaban J connectivity index is 1.28. The molecule has 0 radical (unpaired) electrons. The van der Waals surface area contributed by atoms with Gasteiger partial charge >= 0.3 is 12.1 Å². The first kappa shape index (κ1) is 26.5. The minimum Gasteiger partial charge on any atom is -0.492 e. The van der Waals surface area contributed by atoms with Gasteiger partial charge in [-0.1, -0.05) is 18.5 Å². The van der Waals surface area contributed by atoms with Crippen molar-refractivity contribution in [3.05, 3.63) is 51.9 Å². The molecule has 1 N–H and O–H groups in total. The van der Waals surface area contributed by atoms with Crippen molar-refractivity contribution in [1.82, 2.24) is 9.88 Å². The molecule has 1 aliphatic carbocycles. The molecule has 3 heterocycles. The van der Waals surface area contributed by atoms with Crippen LogP contribution in [0.15, 0.2) is 24.4 Å². The van der Waals surface area contributed by atoms with Gasteiger partial charge in [0.15, 0.2) is 0 Å². The number of carboxylic acid groups (broad SMARTS) is 1. The summed E-state index contributed by atoms with van der Waals surface area (Å²) >= 11 is 5.67. The minimum atomic E-state index is -4.59. The Morgan fingerprint density at radius 1 is 1.21 bits per heavy atom. The molecule has 0 spiro atoms. The molecule has 5 rings (SSSR count). The zero-order valence-electron chi connectivity index (χ0n) is 20.5. The van der Waals surface area contributed by atoms with Crippen molar-refractivity contribution in [2.75, 3.05) is 31.1 Å². The Labute approximate surface area is 221 Å². The SMILES string of the molecule is CC1(COc2cc(F)c(C(=O)N3CCCC3C(=O)O)cc2C2CC2)CN(c2cc(C(F)(F)F)c(Cl)cn2)C1. The largest absolute Gasteiger partial charge is 0.492 e. The van der Waals surface area contributed by atoms with Crippen LogP contribution < -0.4 is 9.64 Å². The van der Waals surface area contributed by atoms with E-state index in [0.29, 0.717) is 37.2 Å². The summed E-state index contributed by atoms with van der Waals surface area (Å²) in [7, 11) is 0. The molecule has 204 valence electrons. The lowest BCUT2D eigenvalue weighted by Gasteiger charge is -2.48. The average molecular weight is 556 g/mol. The monoisotopic (exact) mass is 555 g/mol. The lowest BCUT2D eigenvalue weighted by molar-refractivity contribution is -0.141.